The van der Waals surface area contributed by atoms with Crippen LogP contribution in [0.1, 0.15) is 11.3 Å². The maximum atomic E-state index is 12.0. The summed E-state index contributed by atoms with van der Waals surface area (Å²) >= 11 is 0. The van der Waals surface area contributed by atoms with E-state index in [1.165, 1.54) is 0 Å². The first kappa shape index (κ1) is 16.3. The number of hydrogen-bond acceptors (Lipinski definition) is 4. The Labute approximate surface area is 145 Å². The van der Waals surface area contributed by atoms with Crippen molar-refractivity contribution in [3.8, 4) is 34.4 Å². The molecule has 0 aliphatic rings. The van der Waals surface area contributed by atoms with Crippen LogP contribution in [0.4, 0.5) is 0 Å². The van der Waals surface area contributed by atoms with Gasteiger partial charge in [-0.2, -0.15) is 5.26 Å². The first-order valence-corrected chi connectivity index (χ1v) is 7.67. The van der Waals surface area contributed by atoms with E-state index < -0.39 is 0 Å². The molecular weight excluding hydrogens is 316 g/mol. The van der Waals surface area contributed by atoms with Gasteiger partial charge >= 0.3 is 0 Å². The van der Waals surface area contributed by atoms with Gasteiger partial charge in [0.05, 0.1) is 7.11 Å². The molecule has 0 aliphatic heterocycles. The number of nitrogens with one attached hydrogen (secondary N) is 1. The van der Waals surface area contributed by atoms with Crippen LogP contribution in [0.2, 0.25) is 0 Å². The summed E-state index contributed by atoms with van der Waals surface area (Å²) in [6.45, 7) is 1.78. The Morgan fingerprint density at radius 3 is 2.40 bits per heavy atom. The van der Waals surface area contributed by atoms with Gasteiger partial charge in [0.1, 0.15) is 28.9 Å². The maximum Gasteiger partial charge on any atom is 0.266 e. The molecule has 25 heavy (non-hydrogen) atoms. The summed E-state index contributed by atoms with van der Waals surface area (Å²) in [4.78, 5) is 14.6. The Balaban J connectivity index is 1.97. The third kappa shape index (κ3) is 3.54. The largest absolute Gasteiger partial charge is 0.497 e. The van der Waals surface area contributed by atoms with Crippen molar-refractivity contribution in [1.29, 1.82) is 5.26 Å². The van der Waals surface area contributed by atoms with E-state index in [2.05, 4.69) is 4.98 Å². The van der Waals surface area contributed by atoms with Gasteiger partial charge in [0.25, 0.3) is 5.56 Å². The van der Waals surface area contributed by atoms with E-state index >= 15 is 0 Å². The standard InChI is InChI=1S/C20H16N2O3/c1-13-10-18(19(12-21)20(23)22-13)14-4-3-5-17(11-14)25-16-8-6-15(24-2)7-9-16/h3-11H,1-2H3,(H,22,23). The molecule has 0 atom stereocenters. The summed E-state index contributed by atoms with van der Waals surface area (Å²) in [5.41, 5.74) is 1.73. The molecule has 0 saturated heterocycles. The highest BCUT2D eigenvalue weighted by atomic mass is 16.5. The second kappa shape index (κ2) is 6.93. The zero-order valence-corrected chi connectivity index (χ0v) is 13.9. The minimum absolute atomic E-state index is 0.0900. The number of aromatic amines is 1. The smallest absolute Gasteiger partial charge is 0.266 e. The van der Waals surface area contributed by atoms with Crippen molar-refractivity contribution in [3.63, 3.8) is 0 Å². The Morgan fingerprint density at radius 2 is 1.72 bits per heavy atom. The number of nitrogens with zero attached hydrogens (tertiary/aromatic N) is 1. The molecule has 3 rings (SSSR count). The quantitative estimate of drug-likeness (QED) is 0.783. The number of nitriles is 1. The van der Waals surface area contributed by atoms with Crippen LogP contribution in [0.3, 0.4) is 0 Å². The number of aryl methyl sites for hydroxylation is 1. The molecule has 0 radical (unpaired) electrons. The fraction of sp³-hybridized carbons (Fsp3) is 0.100. The van der Waals surface area contributed by atoms with Crippen LogP contribution in [0.5, 0.6) is 17.2 Å². The number of rotatable bonds is 4. The van der Waals surface area contributed by atoms with Crippen LogP contribution in [0.15, 0.2) is 59.4 Å². The fourth-order valence-corrected chi connectivity index (χ4v) is 2.53. The molecule has 0 unspecified atom stereocenters. The van der Waals surface area contributed by atoms with E-state index in [1.54, 1.807) is 26.2 Å². The SMILES string of the molecule is COc1ccc(Oc2cccc(-c3cc(C)[nH]c(=O)c3C#N)c2)cc1. The fourth-order valence-electron chi connectivity index (χ4n) is 2.53. The van der Waals surface area contributed by atoms with Gasteiger partial charge in [-0.25, -0.2) is 0 Å². The van der Waals surface area contributed by atoms with Gasteiger partial charge < -0.3 is 14.5 Å². The number of methoxy groups -OCH3 is 1. The third-order valence-corrected chi connectivity index (χ3v) is 3.72. The van der Waals surface area contributed by atoms with Crippen LogP contribution in [-0.2, 0) is 0 Å². The molecule has 0 amide bonds. The van der Waals surface area contributed by atoms with Crippen molar-refractivity contribution >= 4 is 0 Å². The summed E-state index contributed by atoms with van der Waals surface area (Å²) in [7, 11) is 1.61. The van der Waals surface area contributed by atoms with Crippen LogP contribution < -0.4 is 15.0 Å². The lowest BCUT2D eigenvalue weighted by Gasteiger charge is -2.10. The number of benzene rings is 2. The first-order chi connectivity index (χ1) is 12.1. The van der Waals surface area contributed by atoms with Crippen LogP contribution in [0.25, 0.3) is 11.1 Å². The molecule has 0 saturated carbocycles. The molecule has 5 nitrogen and oxygen atoms in total. The zero-order chi connectivity index (χ0) is 17.8. The third-order valence-electron chi connectivity index (χ3n) is 3.72. The van der Waals surface area contributed by atoms with Gasteiger partial charge in [-0.05, 0) is 55.0 Å². The van der Waals surface area contributed by atoms with Crippen LogP contribution in [0, 0.1) is 18.3 Å². The monoisotopic (exact) mass is 332 g/mol. The molecule has 0 bridgehead atoms. The van der Waals surface area contributed by atoms with E-state index in [0.29, 0.717) is 22.8 Å². The number of H-pyrrole nitrogens is 1. The molecule has 2 aromatic carbocycles. The van der Waals surface area contributed by atoms with Gasteiger partial charge in [0.15, 0.2) is 0 Å². The lowest BCUT2D eigenvalue weighted by atomic mass is 10.0. The van der Waals surface area contributed by atoms with Crippen LogP contribution in [-0.4, -0.2) is 12.1 Å². The van der Waals surface area contributed by atoms with Crippen molar-refractivity contribution in [1.82, 2.24) is 4.98 Å². The van der Waals surface area contributed by atoms with Crippen molar-refractivity contribution in [2.24, 2.45) is 0 Å². The van der Waals surface area contributed by atoms with E-state index in [4.69, 9.17) is 9.47 Å². The predicted octanol–water partition coefficient (Wildman–Crippen LogP) is 4.02. The highest BCUT2D eigenvalue weighted by Crippen LogP contribution is 2.29. The lowest BCUT2D eigenvalue weighted by molar-refractivity contribution is 0.413. The Morgan fingerprint density at radius 1 is 1.00 bits per heavy atom. The number of aromatic nitrogens is 1. The molecule has 1 aromatic heterocycles. The number of pyridine rings is 1. The zero-order valence-electron chi connectivity index (χ0n) is 13.9. The van der Waals surface area contributed by atoms with Gasteiger partial charge in [-0.15, -0.1) is 0 Å². The average molecular weight is 332 g/mol. The van der Waals surface area contributed by atoms with Gasteiger partial charge in [-0.1, -0.05) is 12.1 Å². The van der Waals surface area contributed by atoms with Crippen molar-refractivity contribution < 1.29 is 9.47 Å². The van der Waals surface area contributed by atoms with Crippen molar-refractivity contribution in [2.75, 3.05) is 7.11 Å². The van der Waals surface area contributed by atoms with Gasteiger partial charge in [-0.3, -0.25) is 4.79 Å². The van der Waals surface area contributed by atoms with Crippen molar-refractivity contribution in [3.05, 3.63) is 76.2 Å². The van der Waals surface area contributed by atoms with Crippen molar-refractivity contribution in [2.45, 2.75) is 6.92 Å². The predicted molar refractivity (Wildman–Crippen MR) is 95.0 cm³/mol. The summed E-state index contributed by atoms with van der Waals surface area (Å²) in [6.07, 6.45) is 0. The van der Waals surface area contributed by atoms with E-state index in [-0.39, 0.29) is 11.1 Å². The van der Waals surface area contributed by atoms with E-state index in [9.17, 15) is 10.1 Å². The highest BCUT2D eigenvalue weighted by Gasteiger charge is 2.11. The molecule has 1 N–H and O–H groups in total. The normalized spacial score (nSPS) is 10.1. The second-order valence-electron chi connectivity index (χ2n) is 5.49. The highest BCUT2D eigenvalue weighted by molar-refractivity contribution is 5.71. The summed E-state index contributed by atoms with van der Waals surface area (Å²) in [6, 6.07) is 18.3. The molecule has 3 aromatic rings. The molecule has 0 aliphatic carbocycles. The summed E-state index contributed by atoms with van der Waals surface area (Å²) in [5.74, 6) is 2.03. The Kier molecular flexibility index (Phi) is 4.53. The Hall–Kier alpha value is -3.52. The first-order valence-electron chi connectivity index (χ1n) is 7.67. The minimum atomic E-state index is -0.390. The summed E-state index contributed by atoms with van der Waals surface area (Å²) in [5, 5.41) is 9.29. The molecule has 0 spiro atoms. The van der Waals surface area contributed by atoms with Gasteiger partial charge in [0, 0.05) is 11.3 Å². The molecular formula is C20H16N2O3. The van der Waals surface area contributed by atoms with Gasteiger partial charge in [0.2, 0.25) is 0 Å². The summed E-state index contributed by atoms with van der Waals surface area (Å²) < 4.78 is 11.0. The maximum absolute atomic E-state index is 12.0. The minimum Gasteiger partial charge on any atom is -0.497 e. The average Bonchev–Trinajstić information content (AvgIpc) is 2.62. The molecule has 5 heteroatoms. The topological polar surface area (TPSA) is 75.1 Å². The van der Waals surface area contributed by atoms with Crippen LogP contribution >= 0.6 is 0 Å². The number of hydrogen-bond donors (Lipinski definition) is 1. The van der Waals surface area contributed by atoms with E-state index in [0.717, 1.165) is 11.3 Å². The molecule has 0 fully saturated rings. The Bertz CT molecular complexity index is 999. The van der Waals surface area contributed by atoms with E-state index in [1.807, 2.05) is 48.5 Å². The molecule has 1 heterocycles. The lowest BCUT2D eigenvalue weighted by Crippen LogP contribution is -2.12. The number of ether oxygens (including phenoxy) is 2. The molecule has 124 valence electrons. The second-order valence-corrected chi connectivity index (χ2v) is 5.49.